The van der Waals surface area contributed by atoms with Crippen LogP contribution in [0.3, 0.4) is 0 Å². The van der Waals surface area contributed by atoms with E-state index in [9.17, 15) is 5.11 Å². The average Bonchev–Trinajstić information content (AvgIpc) is 2.59. The fraction of sp³-hybridized carbons (Fsp3) is 0.100. The average molecular weight is 333 g/mol. The second-order valence-corrected chi connectivity index (χ2v) is 4.59. The van der Waals surface area contributed by atoms with Crippen molar-refractivity contribution in [3.8, 4) is 11.3 Å². The fourth-order valence-corrected chi connectivity index (χ4v) is 2.07. The maximum atomic E-state index is 9.18. The molecule has 1 N–H and O–H groups in total. The molecule has 0 amide bonds. The molecule has 2 rings (SSSR count). The third-order valence-corrected chi connectivity index (χ3v) is 3.11. The van der Waals surface area contributed by atoms with E-state index in [0.717, 1.165) is 10.0 Å². The fourth-order valence-electron chi connectivity index (χ4n) is 1.29. The van der Waals surface area contributed by atoms with Crippen molar-refractivity contribution < 1.29 is 9.63 Å². The number of hydrogen-bond donors (Lipinski definition) is 1. The van der Waals surface area contributed by atoms with Gasteiger partial charge in [-0.05, 0) is 28.1 Å². The van der Waals surface area contributed by atoms with E-state index in [1.807, 2.05) is 24.3 Å². The van der Waals surface area contributed by atoms with E-state index < -0.39 is 0 Å². The van der Waals surface area contributed by atoms with Crippen LogP contribution < -0.4 is 0 Å². The second-order valence-electron chi connectivity index (χ2n) is 2.95. The minimum atomic E-state index is -0.105. The first kappa shape index (κ1) is 10.9. The number of hydrogen-bond acceptors (Lipinski definition) is 3. The molecule has 1 aromatic heterocycles. The first-order valence-electron chi connectivity index (χ1n) is 4.23. The molecule has 0 aliphatic carbocycles. The Morgan fingerprint density at radius 2 is 2.13 bits per heavy atom. The lowest BCUT2D eigenvalue weighted by Crippen LogP contribution is -1.86. The van der Waals surface area contributed by atoms with Crippen LogP contribution in [0.5, 0.6) is 0 Å². The normalized spacial score (nSPS) is 10.6. The molecule has 0 saturated carbocycles. The largest absolute Gasteiger partial charge is 0.391 e. The topological polar surface area (TPSA) is 46.3 Å². The monoisotopic (exact) mass is 331 g/mol. The van der Waals surface area contributed by atoms with Crippen molar-refractivity contribution in [2.24, 2.45) is 0 Å². The molecule has 0 saturated heterocycles. The molecule has 5 heteroatoms. The van der Waals surface area contributed by atoms with Crippen molar-refractivity contribution in [1.82, 2.24) is 5.16 Å². The zero-order chi connectivity index (χ0) is 10.8. The number of benzene rings is 1. The van der Waals surface area contributed by atoms with Crippen LogP contribution in [-0.2, 0) is 6.61 Å². The van der Waals surface area contributed by atoms with Gasteiger partial charge in [0.25, 0.3) is 0 Å². The summed E-state index contributed by atoms with van der Waals surface area (Å²) in [5.74, 6) is 0. The Kier molecular flexibility index (Phi) is 3.23. The Morgan fingerprint density at radius 1 is 1.33 bits per heavy atom. The number of aromatic nitrogens is 1. The van der Waals surface area contributed by atoms with Crippen LogP contribution in [0.15, 0.2) is 37.9 Å². The zero-order valence-corrected chi connectivity index (χ0v) is 10.7. The van der Waals surface area contributed by atoms with Crippen LogP contribution in [0.1, 0.15) is 5.56 Å². The van der Waals surface area contributed by atoms with Crippen LogP contribution in [-0.4, -0.2) is 10.3 Å². The Morgan fingerprint density at radius 3 is 2.80 bits per heavy atom. The minimum Gasteiger partial charge on any atom is -0.391 e. The molecule has 0 spiro atoms. The number of halogens is 2. The lowest BCUT2D eigenvalue weighted by molar-refractivity contribution is 0.278. The highest BCUT2D eigenvalue weighted by Gasteiger charge is 2.14. The number of nitrogens with zero attached hydrogens (tertiary/aromatic N) is 1. The van der Waals surface area contributed by atoms with E-state index in [-0.39, 0.29) is 6.61 Å². The number of aliphatic hydroxyl groups is 1. The Balaban J connectivity index is 2.54. The summed E-state index contributed by atoms with van der Waals surface area (Å²) in [5, 5.41) is 13.1. The molecule has 78 valence electrons. The SMILES string of the molecule is OCc1c(-c2cccc(Br)c2)noc1Br. The molecule has 0 bridgehead atoms. The van der Waals surface area contributed by atoms with E-state index in [0.29, 0.717) is 15.9 Å². The van der Waals surface area contributed by atoms with E-state index in [2.05, 4.69) is 37.0 Å². The first-order chi connectivity index (χ1) is 7.22. The molecule has 3 nitrogen and oxygen atoms in total. The summed E-state index contributed by atoms with van der Waals surface area (Å²) in [4.78, 5) is 0. The standard InChI is InChI=1S/C10H7Br2NO2/c11-7-3-1-2-6(4-7)9-8(5-14)10(12)15-13-9/h1-4,14H,5H2. The third kappa shape index (κ3) is 2.14. The summed E-state index contributed by atoms with van der Waals surface area (Å²) in [5.41, 5.74) is 2.22. The molecule has 0 aliphatic heterocycles. The highest BCUT2D eigenvalue weighted by Crippen LogP contribution is 2.30. The summed E-state index contributed by atoms with van der Waals surface area (Å²) >= 11 is 6.57. The summed E-state index contributed by atoms with van der Waals surface area (Å²) < 4.78 is 6.41. The quantitative estimate of drug-likeness (QED) is 0.917. The third-order valence-electron chi connectivity index (χ3n) is 2.00. The number of aliphatic hydroxyl groups excluding tert-OH is 1. The van der Waals surface area contributed by atoms with Crippen molar-refractivity contribution in [1.29, 1.82) is 0 Å². The molecule has 0 fully saturated rings. The predicted octanol–water partition coefficient (Wildman–Crippen LogP) is 3.36. The van der Waals surface area contributed by atoms with Gasteiger partial charge in [-0.15, -0.1) is 0 Å². The van der Waals surface area contributed by atoms with Crippen molar-refractivity contribution in [2.45, 2.75) is 6.61 Å². The van der Waals surface area contributed by atoms with Crippen LogP contribution in [0, 0.1) is 0 Å². The van der Waals surface area contributed by atoms with Crippen molar-refractivity contribution in [2.75, 3.05) is 0 Å². The minimum absolute atomic E-state index is 0.105. The Hall–Kier alpha value is -0.650. The molecule has 0 unspecified atom stereocenters. The first-order valence-corrected chi connectivity index (χ1v) is 5.82. The van der Waals surface area contributed by atoms with Crippen LogP contribution in [0.25, 0.3) is 11.3 Å². The lowest BCUT2D eigenvalue weighted by atomic mass is 10.1. The van der Waals surface area contributed by atoms with E-state index in [1.54, 1.807) is 0 Å². The Bertz CT molecular complexity index is 482. The molecule has 2 aromatic rings. The van der Waals surface area contributed by atoms with Gasteiger partial charge in [0, 0.05) is 10.0 Å². The van der Waals surface area contributed by atoms with Crippen molar-refractivity contribution in [3.05, 3.63) is 39.0 Å². The van der Waals surface area contributed by atoms with Gasteiger partial charge >= 0.3 is 0 Å². The summed E-state index contributed by atoms with van der Waals surface area (Å²) in [6.45, 7) is -0.105. The molecule has 0 aliphatic rings. The molecule has 1 heterocycles. The van der Waals surface area contributed by atoms with Crippen LogP contribution in [0.2, 0.25) is 0 Å². The summed E-state index contributed by atoms with van der Waals surface area (Å²) in [6, 6.07) is 7.66. The van der Waals surface area contributed by atoms with Gasteiger partial charge in [0.15, 0.2) is 0 Å². The van der Waals surface area contributed by atoms with E-state index >= 15 is 0 Å². The predicted molar refractivity (Wildman–Crippen MR) is 63.3 cm³/mol. The zero-order valence-electron chi connectivity index (χ0n) is 7.58. The molecule has 0 atom stereocenters. The molecule has 1 aromatic carbocycles. The van der Waals surface area contributed by atoms with Gasteiger partial charge in [0.1, 0.15) is 5.69 Å². The highest BCUT2D eigenvalue weighted by molar-refractivity contribution is 9.10. The van der Waals surface area contributed by atoms with Crippen molar-refractivity contribution >= 4 is 31.9 Å². The number of rotatable bonds is 2. The highest BCUT2D eigenvalue weighted by atomic mass is 79.9. The van der Waals surface area contributed by atoms with Crippen LogP contribution >= 0.6 is 31.9 Å². The molecule has 0 radical (unpaired) electrons. The summed E-state index contributed by atoms with van der Waals surface area (Å²) in [7, 11) is 0. The van der Waals surface area contributed by atoms with Gasteiger partial charge in [-0.1, -0.05) is 33.2 Å². The van der Waals surface area contributed by atoms with Crippen molar-refractivity contribution in [3.63, 3.8) is 0 Å². The van der Waals surface area contributed by atoms with Crippen LogP contribution in [0.4, 0.5) is 0 Å². The smallest absolute Gasteiger partial charge is 0.208 e. The molecular formula is C10H7Br2NO2. The maximum absolute atomic E-state index is 9.18. The molecule has 15 heavy (non-hydrogen) atoms. The second kappa shape index (κ2) is 4.47. The van der Waals surface area contributed by atoms with Gasteiger partial charge < -0.3 is 9.63 Å². The van der Waals surface area contributed by atoms with Gasteiger partial charge in [-0.3, -0.25) is 0 Å². The van der Waals surface area contributed by atoms with Gasteiger partial charge in [-0.25, -0.2) is 0 Å². The Labute approximate surface area is 103 Å². The van der Waals surface area contributed by atoms with E-state index in [4.69, 9.17) is 4.52 Å². The van der Waals surface area contributed by atoms with Gasteiger partial charge in [-0.2, -0.15) is 0 Å². The molecular weight excluding hydrogens is 326 g/mol. The van der Waals surface area contributed by atoms with Gasteiger partial charge in [0.05, 0.1) is 12.2 Å². The van der Waals surface area contributed by atoms with E-state index in [1.165, 1.54) is 0 Å². The summed E-state index contributed by atoms with van der Waals surface area (Å²) in [6.07, 6.45) is 0. The van der Waals surface area contributed by atoms with Gasteiger partial charge in [0.2, 0.25) is 4.67 Å². The maximum Gasteiger partial charge on any atom is 0.208 e. The lowest BCUT2D eigenvalue weighted by Gasteiger charge is -1.99.